The Bertz CT molecular complexity index is 711. The fraction of sp³-hybridized carbons (Fsp3) is 0.316. The normalized spacial score (nSPS) is 16.0. The first-order chi connectivity index (χ1) is 11.7. The summed E-state index contributed by atoms with van der Waals surface area (Å²) < 4.78 is 13.9. The van der Waals surface area contributed by atoms with Crippen molar-refractivity contribution in [2.24, 2.45) is 0 Å². The van der Waals surface area contributed by atoms with Gasteiger partial charge < -0.3 is 0 Å². The van der Waals surface area contributed by atoms with Crippen LogP contribution in [0.3, 0.4) is 0 Å². The summed E-state index contributed by atoms with van der Waals surface area (Å²) in [6.45, 7) is 5.08. The summed E-state index contributed by atoms with van der Waals surface area (Å²) in [7, 11) is 0. The lowest BCUT2D eigenvalue weighted by atomic mass is 10.1. The Balaban J connectivity index is 1.53. The van der Waals surface area contributed by atoms with Crippen LogP contribution in [0.15, 0.2) is 42.5 Å². The molecule has 0 radical (unpaired) electrons. The predicted octanol–water partition coefficient (Wildman–Crippen LogP) is 3.67. The molecule has 0 spiro atoms. The van der Waals surface area contributed by atoms with Crippen LogP contribution in [0.5, 0.6) is 0 Å². The van der Waals surface area contributed by atoms with E-state index in [-0.39, 0.29) is 5.82 Å². The van der Waals surface area contributed by atoms with E-state index in [4.69, 9.17) is 16.9 Å². The monoisotopic (exact) mass is 343 g/mol. The molecular formula is C19H19ClFN3. The molecule has 1 aliphatic heterocycles. The third-order valence-corrected chi connectivity index (χ3v) is 4.75. The number of benzene rings is 2. The summed E-state index contributed by atoms with van der Waals surface area (Å²) in [5.74, 6) is -0.234. The lowest BCUT2D eigenvalue weighted by Gasteiger charge is -2.35. The highest BCUT2D eigenvalue weighted by Gasteiger charge is 2.19. The molecule has 2 aromatic carbocycles. The SMILES string of the molecule is N#Cc1ccc(CN2CCN(Cc3c(F)cccc3Cl)CC2)cc1. The summed E-state index contributed by atoms with van der Waals surface area (Å²) in [6.07, 6.45) is 0. The van der Waals surface area contributed by atoms with Gasteiger partial charge in [0.2, 0.25) is 0 Å². The zero-order chi connectivity index (χ0) is 16.9. The van der Waals surface area contributed by atoms with Crippen molar-refractivity contribution in [3.63, 3.8) is 0 Å². The Hall–Kier alpha value is -1.93. The van der Waals surface area contributed by atoms with E-state index in [1.165, 1.54) is 11.6 Å². The minimum absolute atomic E-state index is 0.234. The standard InChI is InChI=1S/C19H19ClFN3/c20-18-2-1-3-19(21)17(18)14-24-10-8-23(9-11-24)13-16-6-4-15(12-22)5-7-16/h1-7H,8-11,13-14H2. The quantitative estimate of drug-likeness (QED) is 0.848. The van der Waals surface area contributed by atoms with Gasteiger partial charge in [-0.3, -0.25) is 9.80 Å². The van der Waals surface area contributed by atoms with E-state index < -0.39 is 0 Å². The maximum absolute atomic E-state index is 13.9. The lowest BCUT2D eigenvalue weighted by molar-refractivity contribution is 0.121. The lowest BCUT2D eigenvalue weighted by Crippen LogP contribution is -2.45. The summed E-state index contributed by atoms with van der Waals surface area (Å²) in [4.78, 5) is 4.61. The van der Waals surface area contributed by atoms with Gasteiger partial charge in [0.15, 0.2) is 0 Å². The number of nitriles is 1. The molecule has 1 fully saturated rings. The molecule has 0 atom stereocenters. The number of piperazine rings is 1. The molecule has 0 bridgehead atoms. The molecule has 24 heavy (non-hydrogen) atoms. The summed E-state index contributed by atoms with van der Waals surface area (Å²) in [6, 6.07) is 14.7. The molecular weight excluding hydrogens is 325 g/mol. The Kier molecular flexibility index (Phi) is 5.47. The maximum atomic E-state index is 13.9. The summed E-state index contributed by atoms with van der Waals surface area (Å²) in [5.41, 5.74) is 2.48. The molecule has 0 N–H and O–H groups in total. The molecule has 0 unspecified atom stereocenters. The van der Waals surface area contributed by atoms with E-state index in [1.54, 1.807) is 12.1 Å². The zero-order valence-corrected chi connectivity index (χ0v) is 14.1. The van der Waals surface area contributed by atoms with Crippen molar-refractivity contribution in [3.8, 4) is 6.07 Å². The Morgan fingerprint density at radius 3 is 2.17 bits per heavy atom. The van der Waals surface area contributed by atoms with Gasteiger partial charge >= 0.3 is 0 Å². The zero-order valence-electron chi connectivity index (χ0n) is 13.4. The second kappa shape index (κ2) is 7.76. The highest BCUT2D eigenvalue weighted by molar-refractivity contribution is 6.31. The van der Waals surface area contributed by atoms with Crippen molar-refractivity contribution in [1.29, 1.82) is 5.26 Å². The number of hydrogen-bond acceptors (Lipinski definition) is 3. The van der Waals surface area contributed by atoms with Gasteiger partial charge in [-0.2, -0.15) is 5.26 Å². The number of hydrogen-bond donors (Lipinski definition) is 0. The smallest absolute Gasteiger partial charge is 0.129 e. The first-order valence-electron chi connectivity index (χ1n) is 8.02. The van der Waals surface area contributed by atoms with Crippen LogP contribution < -0.4 is 0 Å². The van der Waals surface area contributed by atoms with Crippen LogP contribution in [0.1, 0.15) is 16.7 Å². The van der Waals surface area contributed by atoms with Crippen LogP contribution >= 0.6 is 11.6 Å². The van der Waals surface area contributed by atoms with E-state index >= 15 is 0 Å². The molecule has 3 nitrogen and oxygen atoms in total. The molecule has 5 heteroatoms. The minimum atomic E-state index is -0.234. The van der Waals surface area contributed by atoms with Crippen LogP contribution in [0.4, 0.5) is 4.39 Å². The Labute approximate surface area is 146 Å². The van der Waals surface area contributed by atoms with Gasteiger partial charge in [0, 0.05) is 49.9 Å². The van der Waals surface area contributed by atoms with Crippen molar-refractivity contribution in [2.45, 2.75) is 13.1 Å². The third kappa shape index (κ3) is 4.12. The predicted molar refractivity (Wildman–Crippen MR) is 93.1 cm³/mol. The van der Waals surface area contributed by atoms with Crippen molar-refractivity contribution in [2.75, 3.05) is 26.2 Å². The Morgan fingerprint density at radius 2 is 1.58 bits per heavy atom. The van der Waals surface area contributed by atoms with Crippen LogP contribution in [-0.2, 0) is 13.1 Å². The average Bonchev–Trinajstić information content (AvgIpc) is 2.60. The van der Waals surface area contributed by atoms with Crippen molar-refractivity contribution < 1.29 is 4.39 Å². The van der Waals surface area contributed by atoms with Crippen molar-refractivity contribution in [3.05, 3.63) is 70.0 Å². The molecule has 0 amide bonds. The third-order valence-electron chi connectivity index (χ3n) is 4.40. The first-order valence-corrected chi connectivity index (χ1v) is 8.40. The molecule has 0 aliphatic carbocycles. The van der Waals surface area contributed by atoms with Crippen LogP contribution in [0.2, 0.25) is 5.02 Å². The molecule has 124 valence electrons. The van der Waals surface area contributed by atoms with E-state index in [0.717, 1.165) is 32.7 Å². The van der Waals surface area contributed by atoms with Gasteiger partial charge in [-0.25, -0.2) is 4.39 Å². The molecule has 0 saturated carbocycles. The molecule has 1 heterocycles. The summed E-state index contributed by atoms with van der Waals surface area (Å²) >= 11 is 6.11. The second-order valence-electron chi connectivity index (χ2n) is 6.06. The number of nitrogens with zero attached hydrogens (tertiary/aromatic N) is 3. The van der Waals surface area contributed by atoms with Gasteiger partial charge in [-0.1, -0.05) is 29.8 Å². The largest absolute Gasteiger partial charge is 0.297 e. The van der Waals surface area contributed by atoms with Gasteiger partial charge in [-0.15, -0.1) is 0 Å². The van der Waals surface area contributed by atoms with E-state index in [9.17, 15) is 4.39 Å². The second-order valence-corrected chi connectivity index (χ2v) is 6.47. The fourth-order valence-electron chi connectivity index (χ4n) is 2.96. The Morgan fingerprint density at radius 1 is 0.958 bits per heavy atom. The van der Waals surface area contributed by atoms with Gasteiger partial charge in [0.25, 0.3) is 0 Å². The maximum Gasteiger partial charge on any atom is 0.129 e. The van der Waals surface area contributed by atoms with Crippen LogP contribution in [0.25, 0.3) is 0 Å². The van der Waals surface area contributed by atoms with Gasteiger partial charge in [0.1, 0.15) is 5.82 Å². The minimum Gasteiger partial charge on any atom is -0.297 e. The number of rotatable bonds is 4. The molecule has 1 aliphatic rings. The molecule has 2 aromatic rings. The van der Waals surface area contributed by atoms with Crippen LogP contribution in [-0.4, -0.2) is 36.0 Å². The highest BCUT2D eigenvalue weighted by atomic mass is 35.5. The van der Waals surface area contributed by atoms with Gasteiger partial charge in [0.05, 0.1) is 11.6 Å². The molecule has 1 saturated heterocycles. The topological polar surface area (TPSA) is 30.3 Å². The molecule has 0 aromatic heterocycles. The van der Waals surface area contributed by atoms with Crippen molar-refractivity contribution >= 4 is 11.6 Å². The van der Waals surface area contributed by atoms with Crippen molar-refractivity contribution in [1.82, 2.24) is 9.80 Å². The van der Waals surface area contributed by atoms with E-state index in [1.807, 2.05) is 24.3 Å². The van der Waals surface area contributed by atoms with Crippen LogP contribution in [0, 0.1) is 17.1 Å². The van der Waals surface area contributed by atoms with Gasteiger partial charge in [-0.05, 0) is 29.8 Å². The van der Waals surface area contributed by atoms with E-state index in [2.05, 4.69) is 15.9 Å². The van der Waals surface area contributed by atoms with E-state index in [0.29, 0.717) is 22.7 Å². The first kappa shape index (κ1) is 16.9. The molecule has 3 rings (SSSR count). The summed E-state index contributed by atoms with van der Waals surface area (Å²) in [5, 5.41) is 9.33. The fourth-order valence-corrected chi connectivity index (χ4v) is 3.18. The highest BCUT2D eigenvalue weighted by Crippen LogP contribution is 2.21. The average molecular weight is 344 g/mol. The number of halogens is 2.